The predicted octanol–water partition coefficient (Wildman–Crippen LogP) is 5.22. The summed E-state index contributed by atoms with van der Waals surface area (Å²) in [4.78, 5) is 12.1. The Bertz CT molecular complexity index is 1400. The number of nitrogens with one attached hydrogen (secondary N) is 2. The lowest BCUT2D eigenvalue weighted by atomic mass is 10.0. The topological polar surface area (TPSA) is 87.5 Å². The van der Waals surface area contributed by atoms with E-state index in [1.807, 2.05) is 12.1 Å². The van der Waals surface area contributed by atoms with Gasteiger partial charge in [-0.25, -0.2) is 9.97 Å². The molecule has 4 aromatic rings. The first-order chi connectivity index (χ1) is 19.6. The fraction of sp³-hybridized carbons (Fsp3) is 0.419. The molecule has 3 N–H and O–H groups in total. The SMILES string of the molecule is Cc1ccc(CCCO)c(NCc2ccc3nc(NCCCN4CCOCC4)n(Cc4cccc(Br)n4)c3c2)c1. The van der Waals surface area contributed by atoms with Crippen molar-refractivity contribution in [2.45, 2.75) is 39.3 Å². The molecule has 8 nitrogen and oxygen atoms in total. The van der Waals surface area contributed by atoms with Crippen LogP contribution in [0, 0.1) is 6.92 Å². The van der Waals surface area contributed by atoms with Crippen LogP contribution in [0.15, 0.2) is 59.2 Å². The number of nitrogens with zero attached hydrogens (tertiary/aromatic N) is 4. The third-order valence-corrected chi connectivity index (χ3v) is 7.74. The monoisotopic (exact) mass is 606 g/mol. The summed E-state index contributed by atoms with van der Waals surface area (Å²) in [7, 11) is 0. The molecule has 212 valence electrons. The average Bonchev–Trinajstić information content (AvgIpc) is 3.30. The van der Waals surface area contributed by atoms with Crippen molar-refractivity contribution >= 4 is 38.6 Å². The Morgan fingerprint density at radius 3 is 2.70 bits per heavy atom. The Morgan fingerprint density at radius 1 is 1.00 bits per heavy atom. The van der Waals surface area contributed by atoms with Gasteiger partial charge in [-0.1, -0.05) is 24.3 Å². The second kappa shape index (κ2) is 14.1. The van der Waals surface area contributed by atoms with Crippen molar-refractivity contribution in [2.75, 3.05) is 56.6 Å². The van der Waals surface area contributed by atoms with Crippen molar-refractivity contribution in [3.8, 4) is 0 Å². The summed E-state index contributed by atoms with van der Waals surface area (Å²) in [5, 5.41) is 16.6. The van der Waals surface area contributed by atoms with Gasteiger partial charge in [0.15, 0.2) is 0 Å². The van der Waals surface area contributed by atoms with Gasteiger partial charge in [0.1, 0.15) is 4.60 Å². The number of ether oxygens (including phenoxy) is 1. The second-order valence-electron chi connectivity index (χ2n) is 10.4. The Balaban J connectivity index is 1.34. The summed E-state index contributed by atoms with van der Waals surface area (Å²) in [6, 6.07) is 19.0. The van der Waals surface area contributed by atoms with Crippen molar-refractivity contribution in [1.29, 1.82) is 0 Å². The van der Waals surface area contributed by atoms with Gasteiger partial charge in [-0.05, 0) is 95.7 Å². The summed E-state index contributed by atoms with van der Waals surface area (Å²) in [5.74, 6) is 0.869. The number of imidazole rings is 1. The number of morpholine rings is 1. The molecule has 40 heavy (non-hydrogen) atoms. The minimum atomic E-state index is 0.199. The molecule has 1 saturated heterocycles. The van der Waals surface area contributed by atoms with Crippen LogP contribution in [0.4, 0.5) is 11.6 Å². The Labute approximate surface area is 244 Å². The molecule has 2 aromatic carbocycles. The first-order valence-corrected chi connectivity index (χ1v) is 15.0. The molecular weight excluding hydrogens is 568 g/mol. The van der Waals surface area contributed by atoms with E-state index in [1.165, 1.54) is 16.7 Å². The van der Waals surface area contributed by atoms with Crippen molar-refractivity contribution in [2.24, 2.45) is 0 Å². The number of pyridine rings is 1. The molecule has 0 aliphatic carbocycles. The highest BCUT2D eigenvalue weighted by Crippen LogP contribution is 2.25. The maximum atomic E-state index is 9.31. The number of benzene rings is 2. The molecule has 5 rings (SSSR count). The van der Waals surface area contributed by atoms with Gasteiger partial charge in [0.2, 0.25) is 5.95 Å². The van der Waals surface area contributed by atoms with E-state index in [4.69, 9.17) is 9.72 Å². The third-order valence-electron chi connectivity index (χ3n) is 7.30. The zero-order valence-electron chi connectivity index (χ0n) is 23.2. The highest BCUT2D eigenvalue weighted by atomic mass is 79.9. The molecule has 0 saturated carbocycles. The summed E-state index contributed by atoms with van der Waals surface area (Å²) in [6.07, 6.45) is 2.66. The molecule has 1 aliphatic heterocycles. The van der Waals surface area contributed by atoms with Crippen LogP contribution < -0.4 is 10.6 Å². The minimum absolute atomic E-state index is 0.199. The number of halogens is 1. The summed E-state index contributed by atoms with van der Waals surface area (Å²) in [5.41, 5.74) is 7.79. The zero-order valence-corrected chi connectivity index (χ0v) is 24.8. The standard InChI is InChI=1S/C31H39BrN6O2/c1-23-8-10-25(5-3-16-39)28(19-23)34-21-24-9-11-27-29(20-24)38(22-26-6-2-7-30(32)35-26)31(36-27)33-12-4-13-37-14-17-40-18-15-37/h2,6-11,19-20,34,39H,3-5,12-18,21-22H2,1H3,(H,33,36). The van der Waals surface area contributed by atoms with Crippen molar-refractivity contribution in [1.82, 2.24) is 19.4 Å². The highest BCUT2D eigenvalue weighted by molar-refractivity contribution is 9.10. The van der Waals surface area contributed by atoms with Gasteiger partial charge in [0.25, 0.3) is 0 Å². The van der Waals surface area contributed by atoms with Crippen LogP contribution in [0.2, 0.25) is 0 Å². The van der Waals surface area contributed by atoms with Gasteiger partial charge < -0.3 is 25.0 Å². The molecule has 1 aliphatic rings. The van der Waals surface area contributed by atoms with Crippen LogP contribution >= 0.6 is 15.9 Å². The van der Waals surface area contributed by atoms with Crippen LogP contribution in [0.3, 0.4) is 0 Å². The summed E-state index contributed by atoms with van der Waals surface area (Å²) in [6.45, 7) is 9.22. The number of aromatic nitrogens is 3. The van der Waals surface area contributed by atoms with E-state index in [0.717, 1.165) is 91.6 Å². The van der Waals surface area contributed by atoms with Crippen LogP contribution in [0.5, 0.6) is 0 Å². The van der Waals surface area contributed by atoms with Crippen LogP contribution in [0.25, 0.3) is 11.0 Å². The van der Waals surface area contributed by atoms with E-state index in [1.54, 1.807) is 0 Å². The largest absolute Gasteiger partial charge is 0.396 e. The van der Waals surface area contributed by atoms with Crippen molar-refractivity contribution in [3.63, 3.8) is 0 Å². The van der Waals surface area contributed by atoms with E-state index in [-0.39, 0.29) is 6.61 Å². The Morgan fingerprint density at radius 2 is 1.88 bits per heavy atom. The smallest absolute Gasteiger partial charge is 0.204 e. The number of hydrogen-bond donors (Lipinski definition) is 3. The van der Waals surface area contributed by atoms with Crippen molar-refractivity contribution < 1.29 is 9.84 Å². The normalized spacial score (nSPS) is 14.1. The molecule has 0 amide bonds. The quantitative estimate of drug-likeness (QED) is 0.142. The molecule has 0 atom stereocenters. The molecule has 2 aromatic heterocycles. The molecule has 3 heterocycles. The minimum Gasteiger partial charge on any atom is -0.396 e. The van der Waals surface area contributed by atoms with E-state index < -0.39 is 0 Å². The van der Waals surface area contributed by atoms with Crippen LogP contribution in [0.1, 0.15) is 35.2 Å². The third kappa shape index (κ3) is 7.60. The van der Waals surface area contributed by atoms with E-state index >= 15 is 0 Å². The van der Waals surface area contributed by atoms with E-state index in [0.29, 0.717) is 13.1 Å². The van der Waals surface area contributed by atoms with Crippen LogP contribution in [-0.4, -0.2) is 70.5 Å². The van der Waals surface area contributed by atoms with Gasteiger partial charge in [0.05, 0.1) is 36.5 Å². The molecule has 0 radical (unpaired) electrons. The average molecular weight is 608 g/mol. The first-order valence-electron chi connectivity index (χ1n) is 14.2. The molecular formula is C31H39BrN6O2. The lowest BCUT2D eigenvalue weighted by Gasteiger charge is -2.26. The lowest BCUT2D eigenvalue weighted by molar-refractivity contribution is 0.0378. The molecule has 1 fully saturated rings. The molecule has 0 spiro atoms. The number of aryl methyl sites for hydroxylation is 2. The number of rotatable bonds is 13. The van der Waals surface area contributed by atoms with Gasteiger partial charge in [-0.2, -0.15) is 0 Å². The fourth-order valence-corrected chi connectivity index (χ4v) is 5.52. The van der Waals surface area contributed by atoms with E-state index in [2.05, 4.69) is 90.4 Å². The maximum Gasteiger partial charge on any atom is 0.204 e. The second-order valence-corrected chi connectivity index (χ2v) is 11.2. The number of hydrogen-bond acceptors (Lipinski definition) is 7. The fourth-order valence-electron chi connectivity index (χ4n) is 5.14. The van der Waals surface area contributed by atoms with Gasteiger partial charge in [-0.15, -0.1) is 0 Å². The number of anilines is 2. The number of fused-ring (bicyclic) bond motifs is 1. The van der Waals surface area contributed by atoms with Gasteiger partial charge >= 0.3 is 0 Å². The van der Waals surface area contributed by atoms with E-state index in [9.17, 15) is 5.11 Å². The van der Waals surface area contributed by atoms with Gasteiger partial charge in [-0.3, -0.25) is 4.90 Å². The predicted molar refractivity (Wildman–Crippen MR) is 165 cm³/mol. The summed E-state index contributed by atoms with van der Waals surface area (Å²) >= 11 is 3.52. The first kappa shape index (κ1) is 28.5. The Hall–Kier alpha value is -2.98. The number of aliphatic hydroxyl groups excluding tert-OH is 1. The zero-order chi connectivity index (χ0) is 27.7. The summed E-state index contributed by atoms with van der Waals surface area (Å²) < 4.78 is 8.54. The number of aliphatic hydroxyl groups is 1. The molecule has 0 unspecified atom stereocenters. The van der Waals surface area contributed by atoms with Crippen molar-refractivity contribution in [3.05, 3.63) is 81.6 Å². The van der Waals surface area contributed by atoms with Gasteiger partial charge in [0, 0.05) is 38.5 Å². The Kier molecular flexibility index (Phi) is 10.0. The van der Waals surface area contributed by atoms with Crippen LogP contribution in [-0.2, 0) is 24.2 Å². The maximum absolute atomic E-state index is 9.31. The molecule has 0 bridgehead atoms. The highest BCUT2D eigenvalue weighted by Gasteiger charge is 2.14. The lowest BCUT2D eigenvalue weighted by Crippen LogP contribution is -2.37. The molecule has 9 heteroatoms.